The first-order chi connectivity index (χ1) is 9.50. The number of benzene rings is 1. The quantitative estimate of drug-likeness (QED) is 0.626. The molecule has 1 heterocycles. The van der Waals surface area contributed by atoms with Gasteiger partial charge in [-0.2, -0.15) is 4.90 Å². The number of amides is 2. The Bertz CT molecular complexity index is 526. The van der Waals surface area contributed by atoms with Crippen molar-refractivity contribution in [1.82, 2.24) is 4.90 Å². The fourth-order valence-corrected chi connectivity index (χ4v) is 1.96. The van der Waals surface area contributed by atoms with Crippen molar-refractivity contribution in [2.24, 2.45) is 5.92 Å². The van der Waals surface area contributed by atoms with Crippen LogP contribution in [0.15, 0.2) is 30.3 Å². The third-order valence-electron chi connectivity index (χ3n) is 2.94. The summed E-state index contributed by atoms with van der Waals surface area (Å²) in [4.78, 5) is 35.7. The van der Waals surface area contributed by atoms with Crippen LogP contribution in [0.25, 0.3) is 0 Å². The number of cyclic esters (lactones) is 2. The smallest absolute Gasteiger partial charge is 0.427 e. The Morgan fingerprint density at radius 1 is 1.30 bits per heavy atom. The topological polar surface area (TPSA) is 72.9 Å². The third kappa shape index (κ3) is 2.79. The summed E-state index contributed by atoms with van der Waals surface area (Å²) < 4.78 is 9.51. The van der Waals surface area contributed by atoms with Crippen LogP contribution in [-0.4, -0.2) is 29.1 Å². The summed E-state index contributed by atoms with van der Waals surface area (Å²) in [5.41, 5.74) is 0.792. The van der Waals surface area contributed by atoms with Crippen molar-refractivity contribution in [2.75, 3.05) is 0 Å². The summed E-state index contributed by atoms with van der Waals surface area (Å²) >= 11 is 0. The van der Waals surface area contributed by atoms with Crippen LogP contribution in [0.5, 0.6) is 0 Å². The van der Waals surface area contributed by atoms with Crippen LogP contribution in [-0.2, 0) is 20.9 Å². The number of hydrogen-bond donors (Lipinski definition) is 0. The van der Waals surface area contributed by atoms with Gasteiger partial charge in [0.2, 0.25) is 0 Å². The van der Waals surface area contributed by atoms with Crippen molar-refractivity contribution in [2.45, 2.75) is 26.5 Å². The molecule has 1 atom stereocenters. The second-order valence-electron chi connectivity index (χ2n) is 4.79. The molecule has 6 nitrogen and oxygen atoms in total. The lowest BCUT2D eigenvalue weighted by Gasteiger charge is -2.20. The lowest BCUT2D eigenvalue weighted by atomic mass is 10.0. The maximum Gasteiger partial charge on any atom is 0.427 e. The molecular weight excluding hydrogens is 262 g/mol. The van der Waals surface area contributed by atoms with Crippen molar-refractivity contribution in [3.05, 3.63) is 35.9 Å². The van der Waals surface area contributed by atoms with Gasteiger partial charge in [0.25, 0.3) is 0 Å². The molecule has 0 aliphatic carbocycles. The monoisotopic (exact) mass is 277 g/mol. The van der Waals surface area contributed by atoms with Crippen molar-refractivity contribution in [3.8, 4) is 0 Å². The van der Waals surface area contributed by atoms with Gasteiger partial charge in [0.1, 0.15) is 12.6 Å². The molecule has 0 spiro atoms. The molecule has 20 heavy (non-hydrogen) atoms. The molecule has 0 aromatic heterocycles. The van der Waals surface area contributed by atoms with Gasteiger partial charge in [-0.1, -0.05) is 44.2 Å². The van der Waals surface area contributed by atoms with Crippen molar-refractivity contribution in [3.63, 3.8) is 0 Å². The average Bonchev–Trinajstić information content (AvgIpc) is 2.72. The first-order valence-electron chi connectivity index (χ1n) is 6.26. The van der Waals surface area contributed by atoms with Gasteiger partial charge in [-0.25, -0.2) is 14.4 Å². The number of carbonyl (C=O) groups excluding carboxylic acids is 3. The Kier molecular flexibility index (Phi) is 4.02. The Morgan fingerprint density at radius 3 is 2.55 bits per heavy atom. The molecule has 0 radical (unpaired) electrons. The molecule has 1 fully saturated rings. The average molecular weight is 277 g/mol. The molecule has 1 aromatic carbocycles. The molecule has 106 valence electrons. The zero-order valence-electron chi connectivity index (χ0n) is 11.2. The van der Waals surface area contributed by atoms with E-state index in [1.807, 2.05) is 18.2 Å². The second-order valence-corrected chi connectivity index (χ2v) is 4.79. The molecule has 1 aromatic rings. The van der Waals surface area contributed by atoms with E-state index in [0.717, 1.165) is 10.5 Å². The van der Waals surface area contributed by atoms with Gasteiger partial charge >= 0.3 is 18.2 Å². The summed E-state index contributed by atoms with van der Waals surface area (Å²) in [6, 6.07) is 8.13. The zero-order chi connectivity index (χ0) is 14.7. The lowest BCUT2D eigenvalue weighted by Crippen LogP contribution is -2.43. The van der Waals surface area contributed by atoms with Gasteiger partial charge < -0.3 is 9.47 Å². The van der Waals surface area contributed by atoms with E-state index in [1.54, 1.807) is 26.0 Å². The number of imide groups is 1. The Hall–Kier alpha value is -2.37. The van der Waals surface area contributed by atoms with Crippen LogP contribution in [0.3, 0.4) is 0 Å². The second kappa shape index (κ2) is 5.73. The Balaban J connectivity index is 2.04. The van der Waals surface area contributed by atoms with Gasteiger partial charge in [-0.3, -0.25) is 0 Å². The number of carbonyl (C=O) groups is 3. The van der Waals surface area contributed by atoms with Crippen LogP contribution in [0.4, 0.5) is 9.59 Å². The van der Waals surface area contributed by atoms with E-state index in [0.29, 0.717) is 0 Å². The minimum absolute atomic E-state index is 0.0302. The summed E-state index contributed by atoms with van der Waals surface area (Å²) in [5.74, 6) is -0.958. The van der Waals surface area contributed by atoms with Crippen molar-refractivity contribution >= 4 is 18.2 Å². The molecule has 1 aliphatic heterocycles. The van der Waals surface area contributed by atoms with Gasteiger partial charge in [-0.05, 0) is 11.5 Å². The molecule has 1 saturated heterocycles. The Morgan fingerprint density at radius 2 is 1.95 bits per heavy atom. The fourth-order valence-electron chi connectivity index (χ4n) is 1.96. The molecule has 0 saturated carbocycles. The van der Waals surface area contributed by atoms with Gasteiger partial charge in [0.05, 0.1) is 0 Å². The van der Waals surface area contributed by atoms with Crippen molar-refractivity contribution < 1.29 is 23.9 Å². The normalized spacial score (nSPS) is 18.4. The van der Waals surface area contributed by atoms with Gasteiger partial charge in [-0.15, -0.1) is 0 Å². The molecule has 1 aliphatic rings. The number of ether oxygens (including phenoxy) is 2. The van der Waals surface area contributed by atoms with E-state index in [2.05, 4.69) is 4.74 Å². The highest BCUT2D eigenvalue weighted by Gasteiger charge is 2.47. The van der Waals surface area contributed by atoms with Crippen LogP contribution in [0, 0.1) is 5.92 Å². The van der Waals surface area contributed by atoms with E-state index in [4.69, 9.17) is 4.74 Å². The standard InChI is InChI=1S/C14H15NO5/c1-9(2)11-12(16)20-14(18)15(11)13(17)19-8-10-6-4-3-5-7-10/h3-7,9,11H,8H2,1-2H3/t11-/m0/s1. The number of esters is 1. The minimum atomic E-state index is -0.980. The predicted octanol–water partition coefficient (Wildman–Crippen LogP) is 2.33. The first kappa shape index (κ1) is 14.0. The molecule has 2 amide bonds. The highest BCUT2D eigenvalue weighted by atomic mass is 16.6. The highest BCUT2D eigenvalue weighted by molar-refractivity contribution is 6.03. The number of nitrogens with zero attached hydrogens (tertiary/aromatic N) is 1. The maximum atomic E-state index is 11.9. The Labute approximate surface area is 116 Å². The molecule has 0 N–H and O–H groups in total. The van der Waals surface area contributed by atoms with E-state index < -0.39 is 24.2 Å². The predicted molar refractivity (Wildman–Crippen MR) is 68.6 cm³/mol. The van der Waals surface area contributed by atoms with E-state index in [-0.39, 0.29) is 12.5 Å². The van der Waals surface area contributed by atoms with Gasteiger partial charge in [0, 0.05) is 0 Å². The number of rotatable bonds is 3. The summed E-state index contributed by atoms with van der Waals surface area (Å²) in [7, 11) is 0. The van der Waals surface area contributed by atoms with Crippen LogP contribution < -0.4 is 0 Å². The van der Waals surface area contributed by atoms with E-state index in [9.17, 15) is 14.4 Å². The van der Waals surface area contributed by atoms with Crippen LogP contribution >= 0.6 is 0 Å². The van der Waals surface area contributed by atoms with Crippen molar-refractivity contribution in [1.29, 1.82) is 0 Å². The summed E-state index contributed by atoms with van der Waals surface area (Å²) in [6.45, 7) is 3.48. The lowest BCUT2D eigenvalue weighted by molar-refractivity contribution is -0.136. The van der Waals surface area contributed by atoms with E-state index >= 15 is 0 Å². The highest BCUT2D eigenvalue weighted by Crippen LogP contribution is 2.22. The SMILES string of the molecule is CC(C)[C@H]1C(=O)OC(=O)N1C(=O)OCc1ccccc1. The molecule has 6 heteroatoms. The van der Waals surface area contributed by atoms with Gasteiger partial charge in [0.15, 0.2) is 0 Å². The molecule has 2 rings (SSSR count). The zero-order valence-corrected chi connectivity index (χ0v) is 11.2. The molecular formula is C14H15NO5. The third-order valence-corrected chi connectivity index (χ3v) is 2.94. The number of hydrogen-bond acceptors (Lipinski definition) is 5. The molecule has 0 unspecified atom stereocenters. The summed E-state index contributed by atoms with van der Waals surface area (Å²) in [6.07, 6.45) is -1.85. The fraction of sp³-hybridized carbons (Fsp3) is 0.357. The van der Waals surface area contributed by atoms with Crippen LogP contribution in [0.1, 0.15) is 19.4 Å². The summed E-state index contributed by atoms with van der Waals surface area (Å²) in [5, 5.41) is 0. The van der Waals surface area contributed by atoms with E-state index in [1.165, 1.54) is 0 Å². The molecule has 0 bridgehead atoms. The first-order valence-corrected chi connectivity index (χ1v) is 6.26. The van der Waals surface area contributed by atoms with Crippen LogP contribution in [0.2, 0.25) is 0 Å². The maximum absolute atomic E-state index is 11.9. The largest absolute Gasteiger partial charge is 0.444 e. The minimum Gasteiger partial charge on any atom is -0.444 e.